The minimum absolute atomic E-state index is 0.118. The molecule has 3 aliphatic rings. The van der Waals surface area contributed by atoms with Gasteiger partial charge in [0.25, 0.3) is 0 Å². The predicted molar refractivity (Wildman–Crippen MR) is 71.5 cm³/mol. The van der Waals surface area contributed by atoms with E-state index in [4.69, 9.17) is 4.74 Å². The number of ether oxygens (including phenoxy) is 1. The van der Waals surface area contributed by atoms with Crippen LogP contribution in [0.3, 0.4) is 0 Å². The van der Waals surface area contributed by atoms with Gasteiger partial charge < -0.3 is 15.2 Å². The molecule has 1 heterocycles. The number of hydrogen-bond donors (Lipinski definition) is 2. The van der Waals surface area contributed by atoms with Crippen LogP contribution < -0.4 is 5.32 Å². The third-order valence-electron chi connectivity index (χ3n) is 5.21. The van der Waals surface area contributed by atoms with Gasteiger partial charge in [0.1, 0.15) is 0 Å². The standard InChI is InChI=1S/C15H27NO2/c1-14(17,11-16-13-4-5-13)12-6-9-18-15(10-12)7-2-3-8-15/h12-13,16-17H,2-11H2,1H3. The van der Waals surface area contributed by atoms with E-state index in [1.165, 1.54) is 38.5 Å². The molecule has 3 heteroatoms. The monoisotopic (exact) mass is 253 g/mol. The maximum absolute atomic E-state index is 10.7. The Morgan fingerprint density at radius 1 is 1.28 bits per heavy atom. The molecule has 0 aromatic carbocycles. The molecule has 3 rings (SSSR count). The fraction of sp³-hybridized carbons (Fsp3) is 1.00. The van der Waals surface area contributed by atoms with Crippen LogP contribution in [0, 0.1) is 5.92 Å². The zero-order valence-corrected chi connectivity index (χ0v) is 11.6. The predicted octanol–water partition coefficient (Wildman–Crippen LogP) is 2.23. The molecule has 2 unspecified atom stereocenters. The van der Waals surface area contributed by atoms with Gasteiger partial charge in [0.2, 0.25) is 0 Å². The molecule has 1 saturated heterocycles. The van der Waals surface area contributed by atoms with Crippen LogP contribution in [-0.2, 0) is 4.74 Å². The second kappa shape index (κ2) is 4.77. The summed E-state index contributed by atoms with van der Waals surface area (Å²) in [6.45, 7) is 3.60. The lowest BCUT2D eigenvalue weighted by atomic mass is 9.75. The van der Waals surface area contributed by atoms with Crippen LogP contribution in [-0.4, -0.2) is 35.5 Å². The van der Waals surface area contributed by atoms with Crippen LogP contribution in [0.1, 0.15) is 58.3 Å². The van der Waals surface area contributed by atoms with E-state index in [-0.39, 0.29) is 5.60 Å². The molecule has 0 aromatic rings. The molecule has 104 valence electrons. The quantitative estimate of drug-likeness (QED) is 0.807. The molecule has 2 saturated carbocycles. The largest absolute Gasteiger partial charge is 0.389 e. The van der Waals surface area contributed by atoms with Crippen LogP contribution in [0.5, 0.6) is 0 Å². The van der Waals surface area contributed by atoms with Gasteiger partial charge in [-0.25, -0.2) is 0 Å². The molecule has 3 fully saturated rings. The van der Waals surface area contributed by atoms with Crippen molar-refractivity contribution >= 4 is 0 Å². The van der Waals surface area contributed by atoms with E-state index < -0.39 is 5.60 Å². The second-order valence-electron chi connectivity index (χ2n) is 6.94. The summed E-state index contributed by atoms with van der Waals surface area (Å²) < 4.78 is 6.06. The van der Waals surface area contributed by atoms with Gasteiger partial charge in [-0.15, -0.1) is 0 Å². The van der Waals surface area contributed by atoms with Crippen LogP contribution in [0.4, 0.5) is 0 Å². The van der Waals surface area contributed by atoms with Gasteiger partial charge in [-0.05, 0) is 51.4 Å². The minimum atomic E-state index is -0.567. The van der Waals surface area contributed by atoms with E-state index in [2.05, 4.69) is 5.32 Å². The smallest absolute Gasteiger partial charge is 0.0773 e. The van der Waals surface area contributed by atoms with E-state index in [9.17, 15) is 5.11 Å². The molecular weight excluding hydrogens is 226 g/mol. The van der Waals surface area contributed by atoms with Gasteiger partial charge in [-0.1, -0.05) is 12.8 Å². The van der Waals surface area contributed by atoms with Crippen molar-refractivity contribution in [3.8, 4) is 0 Å². The summed E-state index contributed by atoms with van der Waals surface area (Å²) in [4.78, 5) is 0. The molecule has 3 nitrogen and oxygen atoms in total. The number of rotatable bonds is 4. The van der Waals surface area contributed by atoms with Gasteiger partial charge in [0, 0.05) is 19.2 Å². The molecule has 1 spiro atoms. The Morgan fingerprint density at radius 3 is 2.67 bits per heavy atom. The lowest BCUT2D eigenvalue weighted by Gasteiger charge is -2.44. The Kier molecular flexibility index (Phi) is 3.41. The van der Waals surface area contributed by atoms with Crippen molar-refractivity contribution in [3.63, 3.8) is 0 Å². The average Bonchev–Trinajstić information content (AvgIpc) is 3.09. The Morgan fingerprint density at radius 2 is 2.00 bits per heavy atom. The zero-order chi connectivity index (χ0) is 12.6. The first kappa shape index (κ1) is 12.9. The molecule has 0 radical (unpaired) electrons. The number of aliphatic hydroxyl groups is 1. The van der Waals surface area contributed by atoms with Crippen molar-refractivity contribution in [3.05, 3.63) is 0 Å². The third kappa shape index (κ3) is 2.73. The Bertz CT molecular complexity index is 293. The van der Waals surface area contributed by atoms with Gasteiger partial charge in [0.15, 0.2) is 0 Å². The van der Waals surface area contributed by atoms with Gasteiger partial charge in [-0.3, -0.25) is 0 Å². The van der Waals surface area contributed by atoms with E-state index in [0.717, 1.165) is 26.0 Å². The lowest BCUT2D eigenvalue weighted by molar-refractivity contribution is -0.134. The Hall–Kier alpha value is -0.120. The fourth-order valence-electron chi connectivity index (χ4n) is 3.71. The highest BCUT2D eigenvalue weighted by atomic mass is 16.5. The fourth-order valence-corrected chi connectivity index (χ4v) is 3.71. The van der Waals surface area contributed by atoms with Crippen LogP contribution >= 0.6 is 0 Å². The summed E-state index contributed by atoms with van der Waals surface area (Å²) in [6, 6.07) is 0.678. The van der Waals surface area contributed by atoms with Crippen molar-refractivity contribution in [1.82, 2.24) is 5.32 Å². The van der Waals surface area contributed by atoms with E-state index in [1.807, 2.05) is 6.92 Å². The van der Waals surface area contributed by atoms with Crippen molar-refractivity contribution in [2.75, 3.05) is 13.2 Å². The summed E-state index contributed by atoms with van der Waals surface area (Å²) in [5.41, 5.74) is -0.450. The zero-order valence-electron chi connectivity index (χ0n) is 11.6. The van der Waals surface area contributed by atoms with Crippen molar-refractivity contribution in [1.29, 1.82) is 0 Å². The molecule has 0 aromatic heterocycles. The highest BCUT2D eigenvalue weighted by molar-refractivity contribution is 4.97. The molecule has 1 aliphatic heterocycles. The van der Waals surface area contributed by atoms with E-state index in [1.54, 1.807) is 0 Å². The molecule has 2 aliphatic carbocycles. The third-order valence-corrected chi connectivity index (χ3v) is 5.21. The number of nitrogens with one attached hydrogen (secondary N) is 1. The first-order valence-electron chi connectivity index (χ1n) is 7.69. The Balaban J connectivity index is 1.59. The van der Waals surface area contributed by atoms with E-state index in [0.29, 0.717) is 12.0 Å². The van der Waals surface area contributed by atoms with Gasteiger partial charge >= 0.3 is 0 Å². The molecule has 18 heavy (non-hydrogen) atoms. The highest BCUT2D eigenvalue weighted by Crippen LogP contribution is 2.44. The molecule has 0 bridgehead atoms. The number of hydrogen-bond acceptors (Lipinski definition) is 3. The average molecular weight is 253 g/mol. The van der Waals surface area contributed by atoms with E-state index >= 15 is 0 Å². The van der Waals surface area contributed by atoms with Crippen LogP contribution in [0.15, 0.2) is 0 Å². The topological polar surface area (TPSA) is 41.5 Å². The summed E-state index contributed by atoms with van der Waals surface area (Å²) >= 11 is 0. The minimum Gasteiger partial charge on any atom is -0.389 e. The normalized spacial score (nSPS) is 34.7. The van der Waals surface area contributed by atoms with Crippen LogP contribution in [0.2, 0.25) is 0 Å². The maximum atomic E-state index is 10.7. The summed E-state index contributed by atoms with van der Waals surface area (Å²) in [5.74, 6) is 0.399. The highest BCUT2D eigenvalue weighted by Gasteiger charge is 2.45. The summed E-state index contributed by atoms with van der Waals surface area (Å²) in [7, 11) is 0. The molecule has 0 amide bonds. The van der Waals surface area contributed by atoms with Crippen molar-refractivity contribution < 1.29 is 9.84 Å². The first-order valence-corrected chi connectivity index (χ1v) is 7.69. The van der Waals surface area contributed by atoms with Crippen molar-refractivity contribution in [2.24, 2.45) is 5.92 Å². The Labute approximate surface area is 110 Å². The second-order valence-corrected chi connectivity index (χ2v) is 6.94. The molecule has 2 N–H and O–H groups in total. The van der Waals surface area contributed by atoms with Crippen LogP contribution in [0.25, 0.3) is 0 Å². The van der Waals surface area contributed by atoms with Crippen molar-refractivity contribution in [2.45, 2.75) is 75.5 Å². The summed E-state index contributed by atoms with van der Waals surface area (Å²) in [5, 5.41) is 14.2. The summed E-state index contributed by atoms with van der Waals surface area (Å²) in [6.07, 6.45) is 9.66. The lowest BCUT2D eigenvalue weighted by Crippen LogP contribution is -2.51. The molecular formula is C15H27NO2. The maximum Gasteiger partial charge on any atom is 0.0773 e. The van der Waals surface area contributed by atoms with Gasteiger partial charge in [0.05, 0.1) is 11.2 Å². The molecule has 2 atom stereocenters. The SMILES string of the molecule is CC(O)(CNC1CC1)C1CCOC2(CCCC2)C1. The van der Waals surface area contributed by atoms with Gasteiger partial charge in [-0.2, -0.15) is 0 Å². The first-order chi connectivity index (χ1) is 8.60.